The number of nitrogens with zero attached hydrogens (tertiary/aromatic N) is 1. The van der Waals surface area contributed by atoms with E-state index in [1.165, 1.54) is 45.1 Å². The second-order valence-corrected chi connectivity index (χ2v) is 6.73. The standard InChI is InChI=1S/C15H25NO2/c1-2-11(1)9-16-7-8-17-14-6-5-13(16)15(14)18-10-12-3-4-12/h11-15H,1-10H2/t13-,14+,15+/m0/s1. The Kier molecular flexibility index (Phi) is 3.10. The van der Waals surface area contributed by atoms with Gasteiger partial charge in [-0.3, -0.25) is 4.90 Å². The molecule has 1 aliphatic heterocycles. The van der Waals surface area contributed by atoms with Crippen LogP contribution < -0.4 is 0 Å². The average Bonchev–Trinajstić information content (AvgIpc) is 3.23. The van der Waals surface area contributed by atoms with Crippen LogP contribution >= 0.6 is 0 Å². The van der Waals surface area contributed by atoms with Crippen molar-refractivity contribution in [2.24, 2.45) is 11.8 Å². The molecule has 1 saturated heterocycles. The summed E-state index contributed by atoms with van der Waals surface area (Å²) in [5, 5.41) is 0. The number of hydrogen-bond donors (Lipinski definition) is 0. The molecule has 3 heteroatoms. The summed E-state index contributed by atoms with van der Waals surface area (Å²) in [6, 6.07) is 0.650. The van der Waals surface area contributed by atoms with Crippen molar-refractivity contribution in [1.29, 1.82) is 0 Å². The van der Waals surface area contributed by atoms with E-state index in [4.69, 9.17) is 9.47 Å². The maximum atomic E-state index is 6.24. The van der Waals surface area contributed by atoms with Gasteiger partial charge >= 0.3 is 0 Å². The summed E-state index contributed by atoms with van der Waals surface area (Å²) < 4.78 is 12.3. The van der Waals surface area contributed by atoms with Crippen molar-refractivity contribution in [3.05, 3.63) is 0 Å². The van der Waals surface area contributed by atoms with Gasteiger partial charge in [0.1, 0.15) is 0 Å². The van der Waals surface area contributed by atoms with E-state index in [1.54, 1.807) is 0 Å². The fourth-order valence-corrected chi connectivity index (χ4v) is 3.58. The van der Waals surface area contributed by atoms with Gasteiger partial charge in [-0.2, -0.15) is 0 Å². The first-order valence-electron chi connectivity index (χ1n) is 7.87. The van der Waals surface area contributed by atoms with Gasteiger partial charge in [-0.1, -0.05) is 0 Å². The van der Waals surface area contributed by atoms with Gasteiger partial charge in [-0.05, 0) is 50.4 Å². The minimum absolute atomic E-state index is 0.367. The van der Waals surface area contributed by atoms with E-state index in [0.29, 0.717) is 18.2 Å². The van der Waals surface area contributed by atoms with Gasteiger partial charge < -0.3 is 9.47 Å². The zero-order chi connectivity index (χ0) is 11.9. The Hall–Kier alpha value is -0.120. The molecular weight excluding hydrogens is 226 g/mol. The van der Waals surface area contributed by atoms with Crippen LogP contribution in [0.1, 0.15) is 38.5 Å². The third-order valence-electron chi connectivity index (χ3n) is 5.08. The number of hydrogen-bond acceptors (Lipinski definition) is 3. The van der Waals surface area contributed by atoms with Crippen molar-refractivity contribution in [3.8, 4) is 0 Å². The van der Waals surface area contributed by atoms with E-state index in [2.05, 4.69) is 4.90 Å². The molecule has 2 bridgehead atoms. The molecule has 0 spiro atoms. The van der Waals surface area contributed by atoms with Crippen molar-refractivity contribution in [3.63, 3.8) is 0 Å². The Labute approximate surface area is 110 Å². The normalized spacial score (nSPS) is 41.0. The summed E-state index contributed by atoms with van der Waals surface area (Å²) in [5.41, 5.74) is 0. The summed E-state index contributed by atoms with van der Waals surface area (Å²) in [7, 11) is 0. The summed E-state index contributed by atoms with van der Waals surface area (Å²) in [6.07, 6.45) is 8.91. The quantitative estimate of drug-likeness (QED) is 0.746. The summed E-state index contributed by atoms with van der Waals surface area (Å²) >= 11 is 0. The SMILES string of the molecule is C1CN(CC2CC2)[C@H]2CC[C@@H](O1)[C@@H]2OCC1CC1. The maximum Gasteiger partial charge on any atom is 0.0991 e. The lowest BCUT2D eigenvalue weighted by Gasteiger charge is -2.31. The van der Waals surface area contributed by atoms with E-state index in [-0.39, 0.29) is 0 Å². The van der Waals surface area contributed by atoms with E-state index in [9.17, 15) is 0 Å². The third kappa shape index (κ3) is 2.45. The van der Waals surface area contributed by atoms with Crippen LogP contribution in [0, 0.1) is 11.8 Å². The molecule has 4 aliphatic rings. The highest BCUT2D eigenvalue weighted by atomic mass is 16.5. The number of ether oxygens (including phenoxy) is 2. The molecule has 0 aromatic rings. The van der Waals surface area contributed by atoms with E-state index >= 15 is 0 Å². The molecule has 3 nitrogen and oxygen atoms in total. The Morgan fingerprint density at radius 3 is 2.61 bits per heavy atom. The number of fused-ring (bicyclic) bond motifs is 2. The van der Waals surface area contributed by atoms with Crippen LogP contribution in [0.2, 0.25) is 0 Å². The first-order chi connectivity index (χ1) is 8.90. The molecule has 18 heavy (non-hydrogen) atoms. The zero-order valence-corrected chi connectivity index (χ0v) is 11.2. The highest BCUT2D eigenvalue weighted by Gasteiger charge is 2.44. The molecule has 0 unspecified atom stereocenters. The smallest absolute Gasteiger partial charge is 0.0991 e. The summed E-state index contributed by atoms with van der Waals surface area (Å²) in [5.74, 6) is 1.84. The first kappa shape index (κ1) is 11.7. The summed E-state index contributed by atoms with van der Waals surface area (Å²) in [6.45, 7) is 4.32. The van der Waals surface area contributed by atoms with Gasteiger partial charge in [-0.15, -0.1) is 0 Å². The van der Waals surface area contributed by atoms with Crippen LogP contribution in [0.25, 0.3) is 0 Å². The lowest BCUT2D eigenvalue weighted by Crippen LogP contribution is -2.44. The van der Waals surface area contributed by atoms with E-state index in [0.717, 1.165) is 31.6 Å². The van der Waals surface area contributed by atoms with Crippen LogP contribution in [0.3, 0.4) is 0 Å². The lowest BCUT2D eigenvalue weighted by atomic mass is 10.1. The van der Waals surface area contributed by atoms with E-state index < -0.39 is 0 Å². The van der Waals surface area contributed by atoms with Crippen molar-refractivity contribution >= 4 is 0 Å². The molecule has 0 aromatic carbocycles. The van der Waals surface area contributed by atoms with Gasteiger partial charge in [0.15, 0.2) is 0 Å². The molecule has 4 fully saturated rings. The van der Waals surface area contributed by atoms with E-state index in [1.807, 2.05) is 0 Å². The third-order valence-corrected chi connectivity index (χ3v) is 5.08. The van der Waals surface area contributed by atoms with Gasteiger partial charge in [0.2, 0.25) is 0 Å². The Morgan fingerprint density at radius 2 is 1.83 bits per heavy atom. The Balaban J connectivity index is 1.41. The van der Waals surface area contributed by atoms with Gasteiger partial charge in [0.05, 0.1) is 18.8 Å². The molecule has 3 aliphatic carbocycles. The molecule has 102 valence electrons. The summed E-state index contributed by atoms with van der Waals surface area (Å²) in [4.78, 5) is 2.68. The zero-order valence-electron chi connectivity index (χ0n) is 11.2. The minimum atomic E-state index is 0.367. The predicted octanol–water partition coefficient (Wildman–Crippen LogP) is 2.05. The molecule has 1 heterocycles. The first-order valence-corrected chi connectivity index (χ1v) is 7.87. The Bertz CT molecular complexity index is 301. The van der Waals surface area contributed by atoms with Crippen molar-refractivity contribution in [1.82, 2.24) is 4.90 Å². The van der Waals surface area contributed by atoms with Gasteiger partial charge in [0.25, 0.3) is 0 Å². The van der Waals surface area contributed by atoms with Crippen LogP contribution in [-0.4, -0.2) is 49.5 Å². The fraction of sp³-hybridized carbons (Fsp3) is 1.00. The molecule has 0 amide bonds. The molecule has 4 rings (SSSR count). The molecule has 3 atom stereocenters. The molecular formula is C15H25NO2. The lowest BCUT2D eigenvalue weighted by molar-refractivity contribution is -0.0570. The molecule has 0 aromatic heterocycles. The Morgan fingerprint density at radius 1 is 1.00 bits per heavy atom. The van der Waals surface area contributed by atoms with Crippen molar-refractivity contribution in [2.45, 2.75) is 56.8 Å². The second-order valence-electron chi connectivity index (χ2n) is 6.73. The average molecular weight is 251 g/mol. The van der Waals surface area contributed by atoms with Gasteiger partial charge in [0, 0.05) is 25.7 Å². The van der Waals surface area contributed by atoms with Crippen LogP contribution in [0.4, 0.5) is 0 Å². The van der Waals surface area contributed by atoms with Crippen LogP contribution in [0.5, 0.6) is 0 Å². The van der Waals surface area contributed by atoms with Crippen molar-refractivity contribution < 1.29 is 9.47 Å². The predicted molar refractivity (Wildman–Crippen MR) is 69.5 cm³/mol. The molecule has 3 saturated carbocycles. The number of rotatable bonds is 5. The van der Waals surface area contributed by atoms with Crippen LogP contribution in [-0.2, 0) is 9.47 Å². The van der Waals surface area contributed by atoms with Gasteiger partial charge in [-0.25, -0.2) is 0 Å². The topological polar surface area (TPSA) is 21.7 Å². The molecule has 0 radical (unpaired) electrons. The second kappa shape index (κ2) is 4.77. The fourth-order valence-electron chi connectivity index (χ4n) is 3.58. The highest BCUT2D eigenvalue weighted by Crippen LogP contribution is 2.37. The highest BCUT2D eigenvalue weighted by molar-refractivity contribution is 4.97. The van der Waals surface area contributed by atoms with Crippen molar-refractivity contribution in [2.75, 3.05) is 26.3 Å². The largest absolute Gasteiger partial charge is 0.374 e. The minimum Gasteiger partial charge on any atom is -0.374 e. The molecule has 0 N–H and O–H groups in total. The monoisotopic (exact) mass is 251 g/mol. The maximum absolute atomic E-state index is 6.24. The van der Waals surface area contributed by atoms with Crippen LogP contribution in [0.15, 0.2) is 0 Å².